The van der Waals surface area contributed by atoms with Crippen molar-refractivity contribution < 1.29 is 14.6 Å². The minimum absolute atomic E-state index is 0.311. The van der Waals surface area contributed by atoms with Crippen LogP contribution >= 0.6 is 11.8 Å². The highest BCUT2D eigenvalue weighted by Gasteiger charge is 2.14. The number of fused-ring (bicyclic) bond motifs is 1. The van der Waals surface area contributed by atoms with Gasteiger partial charge in [-0.05, 0) is 19.1 Å². The van der Waals surface area contributed by atoms with Crippen molar-refractivity contribution >= 4 is 28.6 Å². The van der Waals surface area contributed by atoms with Crippen LogP contribution in [0.3, 0.4) is 0 Å². The Balaban J connectivity index is 2.40. The number of methoxy groups -OCH3 is 1. The first kappa shape index (κ1) is 14.6. The van der Waals surface area contributed by atoms with Gasteiger partial charge >= 0.3 is 5.97 Å². The molecule has 1 aromatic carbocycles. The lowest BCUT2D eigenvalue weighted by Gasteiger charge is -2.11. The van der Waals surface area contributed by atoms with E-state index in [2.05, 4.69) is 4.98 Å². The van der Waals surface area contributed by atoms with Crippen molar-refractivity contribution in [3.8, 4) is 5.75 Å². The number of hydrogen-bond acceptors (Lipinski definition) is 5. The number of carbonyl (C=O) groups is 1. The fraction of sp³-hybridized carbons (Fsp3) is 0.286. The average molecular weight is 292 g/mol. The van der Waals surface area contributed by atoms with Gasteiger partial charge in [0.25, 0.3) is 0 Å². The number of aliphatic carboxylic acids is 1. The molecule has 6 heteroatoms. The molecule has 0 radical (unpaired) electrons. The van der Waals surface area contributed by atoms with E-state index in [1.54, 1.807) is 7.11 Å². The molecule has 2 aromatic rings. The largest absolute Gasteiger partial charge is 0.494 e. The molecule has 0 fully saturated rings. The molecule has 0 saturated carbocycles. The Morgan fingerprint density at radius 3 is 2.95 bits per heavy atom. The number of hydrogen-bond donors (Lipinski definition) is 2. The van der Waals surface area contributed by atoms with Crippen LogP contribution in [0, 0.1) is 6.92 Å². The van der Waals surface area contributed by atoms with E-state index in [1.165, 1.54) is 11.8 Å². The molecule has 106 valence electrons. The van der Waals surface area contributed by atoms with Crippen molar-refractivity contribution in [3.63, 3.8) is 0 Å². The number of rotatable bonds is 5. The number of benzene rings is 1. The second-order valence-corrected chi connectivity index (χ2v) is 5.44. The highest BCUT2D eigenvalue weighted by molar-refractivity contribution is 7.99. The maximum Gasteiger partial charge on any atom is 0.321 e. The first-order valence-corrected chi connectivity index (χ1v) is 7.07. The van der Waals surface area contributed by atoms with Crippen LogP contribution in [0.15, 0.2) is 29.2 Å². The maximum atomic E-state index is 10.8. The second kappa shape index (κ2) is 6.11. The van der Waals surface area contributed by atoms with E-state index in [0.717, 1.165) is 21.5 Å². The molecule has 0 aliphatic carbocycles. The number of pyridine rings is 1. The third-order valence-electron chi connectivity index (χ3n) is 2.85. The zero-order valence-electron chi connectivity index (χ0n) is 11.3. The van der Waals surface area contributed by atoms with Gasteiger partial charge in [0.1, 0.15) is 17.3 Å². The van der Waals surface area contributed by atoms with Gasteiger partial charge in [0.2, 0.25) is 0 Å². The zero-order chi connectivity index (χ0) is 14.7. The van der Waals surface area contributed by atoms with E-state index in [1.807, 2.05) is 31.2 Å². The Morgan fingerprint density at radius 2 is 2.30 bits per heavy atom. The van der Waals surface area contributed by atoms with Crippen molar-refractivity contribution in [3.05, 3.63) is 30.0 Å². The van der Waals surface area contributed by atoms with Crippen LogP contribution in [0.1, 0.15) is 5.69 Å². The number of carboxylic acid groups (broad SMARTS) is 1. The lowest BCUT2D eigenvalue weighted by molar-refractivity contribution is -0.137. The molecule has 1 heterocycles. The summed E-state index contributed by atoms with van der Waals surface area (Å²) in [6.45, 7) is 1.90. The SMILES string of the molecule is COc1cccc2c(SC[C@@H](N)C(=O)O)cc(C)nc12. The van der Waals surface area contributed by atoms with Gasteiger partial charge in [-0.15, -0.1) is 11.8 Å². The molecule has 0 aliphatic heterocycles. The predicted molar refractivity (Wildman–Crippen MR) is 79.4 cm³/mol. The van der Waals surface area contributed by atoms with Gasteiger partial charge in [0, 0.05) is 21.7 Å². The normalized spacial score (nSPS) is 12.3. The molecule has 0 spiro atoms. The number of aromatic nitrogens is 1. The molecule has 0 unspecified atom stereocenters. The van der Waals surface area contributed by atoms with Gasteiger partial charge in [-0.2, -0.15) is 0 Å². The summed E-state index contributed by atoms with van der Waals surface area (Å²) in [5, 5.41) is 9.78. The summed E-state index contributed by atoms with van der Waals surface area (Å²) in [7, 11) is 1.60. The summed E-state index contributed by atoms with van der Waals surface area (Å²) in [6, 6.07) is 6.74. The van der Waals surface area contributed by atoms with Crippen LogP contribution < -0.4 is 10.5 Å². The number of carboxylic acids is 1. The summed E-state index contributed by atoms with van der Waals surface area (Å²) in [4.78, 5) is 16.2. The fourth-order valence-electron chi connectivity index (χ4n) is 1.85. The van der Waals surface area contributed by atoms with E-state index >= 15 is 0 Å². The molecule has 3 N–H and O–H groups in total. The molecule has 0 saturated heterocycles. The van der Waals surface area contributed by atoms with Crippen LogP contribution in [0.2, 0.25) is 0 Å². The van der Waals surface area contributed by atoms with Crippen molar-refractivity contribution in [1.29, 1.82) is 0 Å². The van der Waals surface area contributed by atoms with Gasteiger partial charge in [0.05, 0.1) is 7.11 Å². The lowest BCUT2D eigenvalue weighted by Crippen LogP contribution is -2.32. The van der Waals surface area contributed by atoms with Crippen LogP contribution in [0.5, 0.6) is 5.75 Å². The third-order valence-corrected chi connectivity index (χ3v) is 4.02. The molecular weight excluding hydrogens is 276 g/mol. The summed E-state index contributed by atoms with van der Waals surface area (Å²) in [5.74, 6) is 0.0196. The van der Waals surface area contributed by atoms with Crippen LogP contribution in [-0.2, 0) is 4.79 Å². The van der Waals surface area contributed by atoms with Crippen LogP contribution in [-0.4, -0.2) is 35.0 Å². The van der Waals surface area contributed by atoms with Crippen molar-refractivity contribution in [2.45, 2.75) is 17.9 Å². The number of nitrogens with zero attached hydrogens (tertiary/aromatic N) is 1. The Hall–Kier alpha value is -1.79. The van der Waals surface area contributed by atoms with Gasteiger partial charge in [-0.1, -0.05) is 12.1 Å². The number of ether oxygens (including phenoxy) is 1. The van der Waals surface area contributed by atoms with Crippen LogP contribution in [0.25, 0.3) is 10.9 Å². The molecule has 0 aliphatic rings. The summed E-state index contributed by atoms with van der Waals surface area (Å²) in [6.07, 6.45) is 0. The molecule has 2 rings (SSSR count). The van der Waals surface area contributed by atoms with E-state index in [9.17, 15) is 4.79 Å². The molecular formula is C14H16N2O3S. The highest BCUT2D eigenvalue weighted by Crippen LogP contribution is 2.32. The number of nitrogens with two attached hydrogens (primary N) is 1. The first-order chi connectivity index (χ1) is 9.52. The van der Waals surface area contributed by atoms with Gasteiger partial charge in [-0.3, -0.25) is 4.79 Å². The fourth-order valence-corrected chi connectivity index (χ4v) is 2.92. The quantitative estimate of drug-likeness (QED) is 0.820. The maximum absolute atomic E-state index is 10.8. The minimum Gasteiger partial charge on any atom is -0.494 e. The number of thioether (sulfide) groups is 1. The van der Waals surface area contributed by atoms with Crippen LogP contribution in [0.4, 0.5) is 0 Å². The summed E-state index contributed by atoms with van der Waals surface area (Å²) < 4.78 is 5.31. The van der Waals surface area contributed by atoms with Gasteiger partial charge < -0.3 is 15.6 Å². The van der Waals surface area contributed by atoms with E-state index in [-0.39, 0.29) is 0 Å². The Kier molecular flexibility index (Phi) is 4.46. The number of para-hydroxylation sites is 1. The smallest absolute Gasteiger partial charge is 0.321 e. The van der Waals surface area contributed by atoms with Crippen molar-refractivity contribution in [1.82, 2.24) is 4.98 Å². The topological polar surface area (TPSA) is 85.4 Å². The third kappa shape index (κ3) is 3.02. The zero-order valence-corrected chi connectivity index (χ0v) is 12.1. The summed E-state index contributed by atoms with van der Waals surface area (Å²) >= 11 is 1.42. The van der Waals surface area contributed by atoms with E-state index in [0.29, 0.717) is 11.5 Å². The Morgan fingerprint density at radius 1 is 1.55 bits per heavy atom. The highest BCUT2D eigenvalue weighted by atomic mass is 32.2. The molecule has 20 heavy (non-hydrogen) atoms. The van der Waals surface area contributed by atoms with E-state index in [4.69, 9.17) is 15.6 Å². The molecule has 0 bridgehead atoms. The Bertz CT molecular complexity index is 646. The lowest BCUT2D eigenvalue weighted by atomic mass is 10.2. The van der Waals surface area contributed by atoms with E-state index < -0.39 is 12.0 Å². The molecule has 0 amide bonds. The molecule has 1 atom stereocenters. The first-order valence-electron chi connectivity index (χ1n) is 6.08. The molecule has 1 aromatic heterocycles. The minimum atomic E-state index is -0.995. The van der Waals surface area contributed by atoms with Crippen molar-refractivity contribution in [2.24, 2.45) is 5.73 Å². The summed E-state index contributed by atoms with van der Waals surface area (Å²) in [5.41, 5.74) is 7.18. The number of aryl methyl sites for hydroxylation is 1. The van der Waals surface area contributed by atoms with Crippen molar-refractivity contribution in [2.75, 3.05) is 12.9 Å². The van der Waals surface area contributed by atoms with Gasteiger partial charge in [-0.25, -0.2) is 4.98 Å². The van der Waals surface area contributed by atoms with Gasteiger partial charge in [0.15, 0.2) is 0 Å². The Labute approximate surface area is 121 Å². The standard InChI is InChI=1S/C14H16N2O3S/c1-8-6-12(20-7-10(15)14(17)18)9-4-3-5-11(19-2)13(9)16-8/h3-6,10H,7,15H2,1-2H3,(H,17,18)/t10-/m1/s1. The average Bonchev–Trinajstić information content (AvgIpc) is 2.43. The predicted octanol–water partition coefficient (Wildman–Crippen LogP) is 2.06. The second-order valence-electron chi connectivity index (χ2n) is 4.37. The monoisotopic (exact) mass is 292 g/mol. The molecule has 5 nitrogen and oxygen atoms in total.